The van der Waals surface area contributed by atoms with Gasteiger partial charge in [-0.2, -0.15) is 0 Å². The molecule has 86 valence electrons. The Balaban J connectivity index is 2.56. The van der Waals surface area contributed by atoms with E-state index in [9.17, 15) is 0 Å². The maximum atomic E-state index is 5.93. The molecule has 2 aromatic rings. The van der Waals surface area contributed by atoms with Crippen LogP contribution in [0.1, 0.15) is 25.6 Å². The molecular formula is C11H13ClN2S2. The average molecular weight is 273 g/mol. The van der Waals surface area contributed by atoms with Crippen LogP contribution in [0.5, 0.6) is 0 Å². The van der Waals surface area contributed by atoms with Gasteiger partial charge < -0.3 is 0 Å². The van der Waals surface area contributed by atoms with Crippen LogP contribution in [-0.2, 0) is 6.42 Å². The minimum Gasteiger partial charge on any atom is -0.211 e. The van der Waals surface area contributed by atoms with E-state index in [0.29, 0.717) is 10.5 Å². The number of rotatable bonds is 3. The molecule has 0 saturated heterocycles. The SMILES string of the molecule is CCc1cc2c(SC(C)C)nc(Cl)nc2s1. The Morgan fingerprint density at radius 3 is 2.81 bits per heavy atom. The number of halogens is 1. The van der Waals surface area contributed by atoms with Gasteiger partial charge in [-0.1, -0.05) is 20.8 Å². The molecule has 2 nitrogen and oxygen atoms in total. The molecule has 0 aliphatic rings. The van der Waals surface area contributed by atoms with Gasteiger partial charge in [0.25, 0.3) is 0 Å². The lowest BCUT2D eigenvalue weighted by atomic mass is 10.3. The van der Waals surface area contributed by atoms with Crippen molar-refractivity contribution in [3.8, 4) is 0 Å². The van der Waals surface area contributed by atoms with Crippen LogP contribution in [0, 0.1) is 0 Å². The molecular weight excluding hydrogens is 260 g/mol. The van der Waals surface area contributed by atoms with E-state index in [1.54, 1.807) is 23.1 Å². The standard InChI is InChI=1S/C11H13ClN2S2/c1-4-7-5-8-9(15-6(2)3)13-11(12)14-10(8)16-7/h5-6H,4H2,1-3H3. The van der Waals surface area contributed by atoms with Crippen LogP contribution >= 0.6 is 34.7 Å². The Hall–Kier alpha value is -0.320. The second-order valence-corrected chi connectivity index (χ2v) is 6.77. The fourth-order valence-electron chi connectivity index (χ4n) is 1.41. The quantitative estimate of drug-likeness (QED) is 0.470. The fraction of sp³-hybridized carbons (Fsp3) is 0.455. The van der Waals surface area contributed by atoms with Gasteiger partial charge in [-0.25, -0.2) is 9.97 Å². The predicted octanol–water partition coefficient (Wildman–Crippen LogP) is 4.41. The third-order valence-electron chi connectivity index (χ3n) is 2.08. The topological polar surface area (TPSA) is 25.8 Å². The van der Waals surface area contributed by atoms with Gasteiger partial charge in [0.1, 0.15) is 9.86 Å². The van der Waals surface area contributed by atoms with Crippen molar-refractivity contribution >= 4 is 44.9 Å². The van der Waals surface area contributed by atoms with E-state index < -0.39 is 0 Å². The highest BCUT2D eigenvalue weighted by atomic mass is 35.5. The minimum atomic E-state index is 0.347. The van der Waals surface area contributed by atoms with Crippen LogP contribution in [0.15, 0.2) is 11.1 Å². The summed E-state index contributed by atoms with van der Waals surface area (Å²) in [4.78, 5) is 10.9. The molecule has 0 aliphatic heterocycles. The van der Waals surface area contributed by atoms with Crippen LogP contribution in [0.25, 0.3) is 10.2 Å². The van der Waals surface area contributed by atoms with Gasteiger partial charge in [-0.05, 0) is 24.1 Å². The molecule has 0 N–H and O–H groups in total. The predicted molar refractivity (Wildman–Crippen MR) is 72.8 cm³/mol. The summed E-state index contributed by atoms with van der Waals surface area (Å²) in [7, 11) is 0. The molecule has 2 rings (SSSR count). The third kappa shape index (κ3) is 2.50. The maximum absolute atomic E-state index is 5.93. The minimum absolute atomic E-state index is 0.347. The summed E-state index contributed by atoms with van der Waals surface area (Å²) >= 11 is 9.37. The van der Waals surface area contributed by atoms with E-state index in [4.69, 9.17) is 11.6 Å². The first kappa shape index (κ1) is 12.1. The molecule has 0 aliphatic carbocycles. The molecule has 0 fully saturated rings. The molecule has 0 saturated carbocycles. The highest BCUT2D eigenvalue weighted by molar-refractivity contribution is 8.00. The van der Waals surface area contributed by atoms with Crippen LogP contribution in [0.4, 0.5) is 0 Å². The summed E-state index contributed by atoms with van der Waals surface area (Å²) in [5.74, 6) is 0. The first-order valence-corrected chi connectivity index (χ1v) is 7.30. The molecule has 5 heteroatoms. The smallest absolute Gasteiger partial charge is 0.211 e. The monoisotopic (exact) mass is 272 g/mol. The highest BCUT2D eigenvalue weighted by Crippen LogP contribution is 2.34. The van der Waals surface area contributed by atoms with Gasteiger partial charge in [0, 0.05) is 15.5 Å². The maximum Gasteiger partial charge on any atom is 0.224 e. The van der Waals surface area contributed by atoms with Crippen LogP contribution < -0.4 is 0 Å². The fourth-order valence-corrected chi connectivity index (χ4v) is 3.58. The molecule has 0 unspecified atom stereocenters. The Labute approximate surface area is 108 Å². The Morgan fingerprint density at radius 2 is 2.19 bits per heavy atom. The molecule has 0 atom stereocenters. The first-order valence-electron chi connectivity index (χ1n) is 5.22. The van der Waals surface area contributed by atoms with Gasteiger partial charge >= 0.3 is 0 Å². The van der Waals surface area contributed by atoms with Crippen molar-refractivity contribution in [2.24, 2.45) is 0 Å². The van der Waals surface area contributed by atoms with Crippen LogP contribution in [0.3, 0.4) is 0 Å². The highest BCUT2D eigenvalue weighted by Gasteiger charge is 2.12. The molecule has 0 radical (unpaired) electrons. The van der Waals surface area contributed by atoms with Crippen molar-refractivity contribution in [2.45, 2.75) is 37.5 Å². The molecule has 16 heavy (non-hydrogen) atoms. The molecule has 2 heterocycles. The number of aryl methyl sites for hydroxylation is 1. The van der Waals surface area contributed by atoms with E-state index in [-0.39, 0.29) is 0 Å². The van der Waals surface area contributed by atoms with Crippen LogP contribution in [0.2, 0.25) is 5.28 Å². The molecule has 2 aromatic heterocycles. The number of thioether (sulfide) groups is 1. The van der Waals surface area contributed by atoms with Crippen LogP contribution in [-0.4, -0.2) is 15.2 Å². The second-order valence-electron chi connectivity index (χ2n) is 3.75. The summed E-state index contributed by atoms with van der Waals surface area (Å²) in [5, 5.41) is 2.99. The second kappa shape index (κ2) is 4.90. The Kier molecular flexibility index (Phi) is 3.72. The summed E-state index contributed by atoms with van der Waals surface area (Å²) in [6, 6.07) is 2.18. The van der Waals surface area contributed by atoms with Crippen molar-refractivity contribution in [1.82, 2.24) is 9.97 Å². The third-order valence-corrected chi connectivity index (χ3v) is 4.43. The number of fused-ring (bicyclic) bond motifs is 1. The normalized spacial score (nSPS) is 11.6. The lowest BCUT2D eigenvalue weighted by Gasteiger charge is -2.04. The lowest BCUT2D eigenvalue weighted by Crippen LogP contribution is -1.91. The van der Waals surface area contributed by atoms with E-state index in [2.05, 4.69) is 36.8 Å². The van der Waals surface area contributed by atoms with Gasteiger partial charge in [0.05, 0.1) is 0 Å². The number of hydrogen-bond donors (Lipinski definition) is 0. The Bertz CT molecular complexity index is 508. The zero-order valence-electron chi connectivity index (χ0n) is 9.45. The van der Waals surface area contributed by atoms with Crippen molar-refractivity contribution in [3.63, 3.8) is 0 Å². The van der Waals surface area contributed by atoms with Gasteiger partial charge in [0.15, 0.2) is 0 Å². The van der Waals surface area contributed by atoms with E-state index >= 15 is 0 Å². The summed E-state index contributed by atoms with van der Waals surface area (Å²) in [6.07, 6.45) is 1.03. The first-order chi connectivity index (χ1) is 7.60. The molecule has 0 spiro atoms. The number of thiophene rings is 1. The zero-order valence-corrected chi connectivity index (χ0v) is 11.8. The largest absolute Gasteiger partial charge is 0.224 e. The van der Waals surface area contributed by atoms with Crippen molar-refractivity contribution in [2.75, 3.05) is 0 Å². The lowest BCUT2D eigenvalue weighted by molar-refractivity contribution is 1.07. The number of aromatic nitrogens is 2. The van der Waals surface area contributed by atoms with E-state index in [0.717, 1.165) is 21.7 Å². The van der Waals surface area contributed by atoms with Crippen molar-refractivity contribution in [1.29, 1.82) is 0 Å². The summed E-state index contributed by atoms with van der Waals surface area (Å²) in [6.45, 7) is 6.45. The zero-order chi connectivity index (χ0) is 11.7. The van der Waals surface area contributed by atoms with E-state index in [1.165, 1.54) is 4.88 Å². The summed E-state index contributed by atoms with van der Waals surface area (Å²) in [5.41, 5.74) is 0. The van der Waals surface area contributed by atoms with Gasteiger partial charge in [-0.15, -0.1) is 23.1 Å². The number of nitrogens with zero attached hydrogens (tertiary/aromatic N) is 2. The number of hydrogen-bond acceptors (Lipinski definition) is 4. The van der Waals surface area contributed by atoms with Gasteiger partial charge in [-0.3, -0.25) is 0 Å². The average Bonchev–Trinajstić information content (AvgIpc) is 2.59. The van der Waals surface area contributed by atoms with E-state index in [1.807, 2.05) is 0 Å². The molecule has 0 aromatic carbocycles. The van der Waals surface area contributed by atoms with Gasteiger partial charge in [0.2, 0.25) is 5.28 Å². The van der Waals surface area contributed by atoms with Crippen molar-refractivity contribution in [3.05, 3.63) is 16.2 Å². The van der Waals surface area contributed by atoms with Crippen molar-refractivity contribution < 1.29 is 0 Å². The molecule has 0 bridgehead atoms. The molecule has 0 amide bonds. The Morgan fingerprint density at radius 1 is 1.44 bits per heavy atom. The summed E-state index contributed by atoms with van der Waals surface area (Å²) < 4.78 is 0.